The summed E-state index contributed by atoms with van der Waals surface area (Å²) < 4.78 is 0. The van der Waals surface area contributed by atoms with E-state index in [1.54, 1.807) is 30.6 Å². The zero-order chi connectivity index (χ0) is 20.4. The molecule has 1 amide bonds. The Morgan fingerprint density at radius 2 is 2.00 bits per heavy atom. The molecule has 2 aromatic rings. The van der Waals surface area contributed by atoms with Gasteiger partial charge >= 0.3 is 5.97 Å². The van der Waals surface area contributed by atoms with Crippen molar-refractivity contribution in [3.8, 4) is 17.9 Å². The Kier molecular flexibility index (Phi) is 4.52. The van der Waals surface area contributed by atoms with Gasteiger partial charge in [0.15, 0.2) is 0 Å². The maximum Gasteiger partial charge on any atom is 0.335 e. The summed E-state index contributed by atoms with van der Waals surface area (Å²) in [5, 5.41) is 18.5. The minimum absolute atomic E-state index is 0.0260. The molecule has 1 N–H and O–H groups in total. The molecule has 1 aliphatic heterocycles. The van der Waals surface area contributed by atoms with Crippen molar-refractivity contribution >= 4 is 17.6 Å². The second-order valence-corrected chi connectivity index (χ2v) is 6.38. The lowest BCUT2D eigenvalue weighted by atomic mass is 10.1. The van der Waals surface area contributed by atoms with E-state index >= 15 is 0 Å². The minimum Gasteiger partial charge on any atom is -0.478 e. The van der Waals surface area contributed by atoms with Crippen LogP contribution in [0, 0.1) is 23.2 Å². The fourth-order valence-corrected chi connectivity index (χ4v) is 3.23. The van der Waals surface area contributed by atoms with Crippen molar-refractivity contribution < 1.29 is 14.7 Å². The molecule has 29 heavy (non-hydrogen) atoms. The number of benzene rings is 1. The van der Waals surface area contributed by atoms with Gasteiger partial charge in [-0.15, -0.1) is 0 Å². The van der Waals surface area contributed by atoms with Crippen molar-refractivity contribution in [1.82, 2.24) is 9.88 Å². The number of nitriles is 1. The number of carbonyl (C=O) groups is 2. The highest BCUT2D eigenvalue weighted by atomic mass is 16.4. The standard InChI is InChI=1S/C23H13N3O3/c24-13-15-4-1-8-20-19(10-15)12-21(18-7-3-9-25-14-18)26(20)22(27)16-5-2-6-17(11-16)23(28)29/h2-7,9-12,14,20H,(H,28,29). The summed E-state index contributed by atoms with van der Waals surface area (Å²) in [6.07, 6.45) is 8.28. The number of fused-ring (bicyclic) bond motifs is 1. The molecule has 0 saturated carbocycles. The van der Waals surface area contributed by atoms with E-state index in [4.69, 9.17) is 0 Å². The van der Waals surface area contributed by atoms with Gasteiger partial charge in [-0.25, -0.2) is 4.79 Å². The maximum absolute atomic E-state index is 13.4. The highest BCUT2D eigenvalue weighted by molar-refractivity contribution is 6.03. The van der Waals surface area contributed by atoms with Crippen LogP contribution in [0.3, 0.4) is 0 Å². The summed E-state index contributed by atoms with van der Waals surface area (Å²) in [5.74, 6) is 4.36. The van der Waals surface area contributed by atoms with Crippen LogP contribution in [0.25, 0.3) is 5.70 Å². The number of carboxylic acid groups (broad SMARTS) is 1. The van der Waals surface area contributed by atoms with Crippen LogP contribution in [0.2, 0.25) is 0 Å². The number of hydrogen-bond donors (Lipinski definition) is 1. The number of amides is 1. The second kappa shape index (κ2) is 7.30. The molecule has 138 valence electrons. The van der Waals surface area contributed by atoms with Crippen molar-refractivity contribution in [1.29, 1.82) is 5.26 Å². The third-order valence-electron chi connectivity index (χ3n) is 4.57. The molecule has 1 aromatic heterocycles. The maximum atomic E-state index is 13.4. The topological polar surface area (TPSA) is 94.3 Å². The number of aromatic carboxylic acids is 1. The summed E-state index contributed by atoms with van der Waals surface area (Å²) >= 11 is 0. The van der Waals surface area contributed by atoms with Crippen LogP contribution in [0.15, 0.2) is 78.2 Å². The first-order valence-corrected chi connectivity index (χ1v) is 8.70. The summed E-state index contributed by atoms with van der Waals surface area (Å²) in [4.78, 5) is 30.4. The van der Waals surface area contributed by atoms with E-state index in [0.29, 0.717) is 22.4 Å². The van der Waals surface area contributed by atoms with Gasteiger partial charge in [0.2, 0.25) is 0 Å². The Bertz CT molecular complexity index is 1220. The third kappa shape index (κ3) is 3.31. The van der Waals surface area contributed by atoms with E-state index in [0.717, 1.165) is 0 Å². The van der Waals surface area contributed by atoms with Crippen molar-refractivity contribution in [3.05, 3.63) is 94.9 Å². The molecule has 6 heteroatoms. The predicted octanol–water partition coefficient (Wildman–Crippen LogP) is 3.04. The average Bonchev–Trinajstić information content (AvgIpc) is 2.98. The smallest absolute Gasteiger partial charge is 0.335 e. The molecular formula is C23H13N3O3. The lowest BCUT2D eigenvalue weighted by Gasteiger charge is -2.25. The first-order chi connectivity index (χ1) is 14.1. The van der Waals surface area contributed by atoms with Crippen LogP contribution < -0.4 is 0 Å². The van der Waals surface area contributed by atoms with E-state index in [1.165, 1.54) is 29.2 Å². The molecule has 2 aliphatic rings. The lowest BCUT2D eigenvalue weighted by Crippen LogP contribution is -2.35. The molecule has 1 aliphatic carbocycles. The SMILES string of the molecule is N#CC1=CC#CC2C(=C1)C=C(c1cccnc1)N2C(=O)c1cccc(C(=O)O)c1. The summed E-state index contributed by atoms with van der Waals surface area (Å²) in [6.45, 7) is 0. The molecule has 0 saturated heterocycles. The molecule has 1 unspecified atom stereocenters. The van der Waals surface area contributed by atoms with Crippen LogP contribution in [0.5, 0.6) is 0 Å². The number of aromatic nitrogens is 1. The van der Waals surface area contributed by atoms with Crippen LogP contribution in [-0.4, -0.2) is 32.9 Å². The first kappa shape index (κ1) is 18.0. The van der Waals surface area contributed by atoms with Crippen molar-refractivity contribution in [3.63, 3.8) is 0 Å². The van der Waals surface area contributed by atoms with E-state index in [2.05, 4.69) is 22.9 Å². The Hall–Kier alpha value is -4.42. The van der Waals surface area contributed by atoms with Crippen LogP contribution in [0.1, 0.15) is 26.3 Å². The van der Waals surface area contributed by atoms with Gasteiger partial charge in [-0.05, 0) is 48.1 Å². The fraction of sp³-hybridized carbons (Fsp3) is 0.0435. The van der Waals surface area contributed by atoms with E-state index in [1.807, 2.05) is 12.1 Å². The van der Waals surface area contributed by atoms with Gasteiger partial charge in [-0.1, -0.05) is 17.9 Å². The van der Waals surface area contributed by atoms with E-state index < -0.39 is 12.0 Å². The number of nitrogens with zero attached hydrogens (tertiary/aromatic N) is 3. The predicted molar refractivity (Wildman–Crippen MR) is 105 cm³/mol. The summed E-state index contributed by atoms with van der Waals surface area (Å²) in [7, 11) is 0. The largest absolute Gasteiger partial charge is 0.478 e. The number of hydrogen-bond acceptors (Lipinski definition) is 4. The van der Waals surface area contributed by atoms with Crippen LogP contribution >= 0.6 is 0 Å². The van der Waals surface area contributed by atoms with Gasteiger partial charge in [-0.3, -0.25) is 14.7 Å². The fourth-order valence-electron chi connectivity index (χ4n) is 3.23. The molecule has 0 fully saturated rings. The van der Waals surface area contributed by atoms with Gasteiger partial charge in [0.25, 0.3) is 5.91 Å². The summed E-state index contributed by atoms with van der Waals surface area (Å²) in [5.41, 5.74) is 2.68. The van der Waals surface area contributed by atoms with E-state index in [-0.39, 0.29) is 17.0 Å². The Morgan fingerprint density at radius 3 is 2.72 bits per heavy atom. The molecule has 4 rings (SSSR count). The van der Waals surface area contributed by atoms with Gasteiger partial charge in [0.05, 0.1) is 22.9 Å². The number of pyridine rings is 1. The zero-order valence-electron chi connectivity index (χ0n) is 15.0. The van der Waals surface area contributed by atoms with Gasteiger partial charge in [-0.2, -0.15) is 5.26 Å². The number of carbonyl (C=O) groups excluding carboxylic acids is 1. The number of rotatable bonds is 3. The Balaban J connectivity index is 1.83. The zero-order valence-corrected chi connectivity index (χ0v) is 15.0. The lowest BCUT2D eigenvalue weighted by molar-refractivity contribution is 0.0697. The van der Waals surface area contributed by atoms with Crippen LogP contribution in [-0.2, 0) is 0 Å². The van der Waals surface area contributed by atoms with Gasteiger partial charge < -0.3 is 5.11 Å². The molecule has 0 radical (unpaired) electrons. The second-order valence-electron chi connectivity index (χ2n) is 6.38. The molecule has 1 aromatic carbocycles. The van der Waals surface area contributed by atoms with Gasteiger partial charge in [0.1, 0.15) is 6.04 Å². The van der Waals surface area contributed by atoms with E-state index in [9.17, 15) is 20.0 Å². The normalized spacial score (nSPS) is 16.9. The molecule has 2 heterocycles. The molecular weight excluding hydrogens is 366 g/mol. The number of allylic oxidation sites excluding steroid dienone is 3. The minimum atomic E-state index is -1.11. The third-order valence-corrected chi connectivity index (χ3v) is 4.57. The monoisotopic (exact) mass is 379 g/mol. The van der Waals surface area contributed by atoms with Gasteiger partial charge in [0, 0.05) is 29.6 Å². The Labute approximate surface area is 166 Å². The van der Waals surface area contributed by atoms with Crippen molar-refractivity contribution in [2.45, 2.75) is 6.04 Å². The van der Waals surface area contributed by atoms with Crippen molar-refractivity contribution in [2.75, 3.05) is 0 Å². The molecule has 6 nitrogen and oxygen atoms in total. The van der Waals surface area contributed by atoms with Crippen molar-refractivity contribution in [2.24, 2.45) is 0 Å². The highest BCUT2D eigenvalue weighted by Gasteiger charge is 2.35. The first-order valence-electron chi connectivity index (χ1n) is 8.70. The summed E-state index contributed by atoms with van der Waals surface area (Å²) in [6, 6.07) is 11.0. The Morgan fingerprint density at radius 1 is 1.17 bits per heavy atom. The quantitative estimate of drug-likeness (QED) is 0.827. The van der Waals surface area contributed by atoms with Crippen LogP contribution in [0.4, 0.5) is 0 Å². The number of carboxylic acids is 1. The molecule has 0 spiro atoms. The average molecular weight is 379 g/mol. The molecule has 1 atom stereocenters. The molecule has 0 bridgehead atoms. The highest BCUT2D eigenvalue weighted by Crippen LogP contribution is 2.35.